The number of nitrogens with one attached hydrogen (secondary N) is 1. The molecule has 0 radical (unpaired) electrons. The number of rotatable bonds is 5. The molecule has 2 rings (SSSR count). The topological polar surface area (TPSA) is 15.3 Å². The van der Waals surface area contributed by atoms with E-state index in [2.05, 4.69) is 17.1 Å². The van der Waals surface area contributed by atoms with Crippen molar-refractivity contribution in [1.29, 1.82) is 0 Å². The van der Waals surface area contributed by atoms with E-state index >= 15 is 0 Å². The Morgan fingerprint density at radius 1 is 1.25 bits per heavy atom. The van der Waals surface area contributed by atoms with E-state index in [9.17, 15) is 0 Å². The van der Waals surface area contributed by atoms with Gasteiger partial charge in [-0.15, -0.1) is 0 Å². The SMILES string of the molecule is CCCN(CC1CC1)C(=S)NC1CCCC1. The average molecular weight is 240 g/mol. The van der Waals surface area contributed by atoms with Crippen LogP contribution < -0.4 is 5.32 Å². The molecule has 2 aliphatic carbocycles. The Morgan fingerprint density at radius 2 is 1.94 bits per heavy atom. The van der Waals surface area contributed by atoms with Gasteiger partial charge < -0.3 is 10.2 Å². The van der Waals surface area contributed by atoms with E-state index in [0.717, 1.165) is 17.6 Å². The minimum absolute atomic E-state index is 0.658. The van der Waals surface area contributed by atoms with E-state index < -0.39 is 0 Å². The standard InChI is InChI=1S/C13H24N2S/c1-2-9-15(10-11-7-8-11)13(16)14-12-5-3-4-6-12/h11-12H,2-10H2,1H3,(H,14,16). The van der Waals surface area contributed by atoms with Crippen molar-refractivity contribution in [3.05, 3.63) is 0 Å². The molecule has 2 nitrogen and oxygen atoms in total. The molecule has 0 bridgehead atoms. The number of thiocarbonyl (C=S) groups is 1. The molecule has 92 valence electrons. The Balaban J connectivity index is 1.77. The Morgan fingerprint density at radius 3 is 2.50 bits per heavy atom. The van der Waals surface area contributed by atoms with Gasteiger partial charge in [-0.2, -0.15) is 0 Å². The Bertz CT molecular complexity index is 232. The van der Waals surface area contributed by atoms with Gasteiger partial charge in [-0.3, -0.25) is 0 Å². The molecule has 0 saturated heterocycles. The molecule has 0 atom stereocenters. The van der Waals surface area contributed by atoms with Gasteiger partial charge in [0.2, 0.25) is 0 Å². The van der Waals surface area contributed by atoms with Crippen molar-refractivity contribution in [1.82, 2.24) is 10.2 Å². The molecule has 0 spiro atoms. The minimum atomic E-state index is 0.658. The number of hydrogen-bond donors (Lipinski definition) is 1. The van der Waals surface area contributed by atoms with Gasteiger partial charge in [0.25, 0.3) is 0 Å². The highest BCUT2D eigenvalue weighted by molar-refractivity contribution is 7.80. The van der Waals surface area contributed by atoms with Crippen LogP contribution in [0.2, 0.25) is 0 Å². The second kappa shape index (κ2) is 5.85. The van der Waals surface area contributed by atoms with Crippen molar-refractivity contribution in [2.75, 3.05) is 13.1 Å². The van der Waals surface area contributed by atoms with Gasteiger partial charge in [-0.25, -0.2) is 0 Å². The van der Waals surface area contributed by atoms with Gasteiger partial charge in [0.1, 0.15) is 0 Å². The fourth-order valence-electron chi connectivity index (χ4n) is 2.49. The van der Waals surface area contributed by atoms with Gasteiger partial charge in [0.15, 0.2) is 5.11 Å². The van der Waals surface area contributed by atoms with Crippen LogP contribution in [0.3, 0.4) is 0 Å². The van der Waals surface area contributed by atoms with Gasteiger partial charge in [0.05, 0.1) is 0 Å². The molecule has 0 unspecified atom stereocenters. The highest BCUT2D eigenvalue weighted by atomic mass is 32.1. The lowest BCUT2D eigenvalue weighted by Gasteiger charge is -2.27. The van der Waals surface area contributed by atoms with Crippen molar-refractivity contribution in [3.8, 4) is 0 Å². The first-order chi connectivity index (χ1) is 7.79. The summed E-state index contributed by atoms with van der Waals surface area (Å²) in [6.07, 6.45) is 9.37. The fourth-order valence-corrected chi connectivity index (χ4v) is 2.83. The third-order valence-electron chi connectivity index (χ3n) is 3.64. The maximum atomic E-state index is 5.54. The molecule has 0 aromatic heterocycles. The van der Waals surface area contributed by atoms with E-state index in [0.29, 0.717) is 6.04 Å². The van der Waals surface area contributed by atoms with Crippen LogP contribution in [0.5, 0.6) is 0 Å². The van der Waals surface area contributed by atoms with Crippen LogP contribution in [0.1, 0.15) is 51.9 Å². The summed E-state index contributed by atoms with van der Waals surface area (Å²) in [6, 6.07) is 0.658. The van der Waals surface area contributed by atoms with Crippen LogP contribution in [-0.4, -0.2) is 29.1 Å². The molecule has 0 aromatic rings. The van der Waals surface area contributed by atoms with Crippen LogP contribution in [0.4, 0.5) is 0 Å². The summed E-state index contributed by atoms with van der Waals surface area (Å²) in [4.78, 5) is 2.39. The third-order valence-corrected chi connectivity index (χ3v) is 4.02. The zero-order valence-electron chi connectivity index (χ0n) is 10.4. The summed E-state index contributed by atoms with van der Waals surface area (Å²) in [5, 5.41) is 4.57. The predicted octanol–water partition coefficient (Wildman–Crippen LogP) is 2.93. The van der Waals surface area contributed by atoms with E-state index in [-0.39, 0.29) is 0 Å². The summed E-state index contributed by atoms with van der Waals surface area (Å²) in [6.45, 7) is 4.54. The predicted molar refractivity (Wildman–Crippen MR) is 72.6 cm³/mol. The van der Waals surface area contributed by atoms with Crippen molar-refractivity contribution in [2.45, 2.75) is 57.9 Å². The highest BCUT2D eigenvalue weighted by Gasteiger charge is 2.26. The Labute approximate surface area is 105 Å². The van der Waals surface area contributed by atoms with Crippen molar-refractivity contribution in [3.63, 3.8) is 0 Å². The maximum Gasteiger partial charge on any atom is 0.169 e. The zero-order valence-corrected chi connectivity index (χ0v) is 11.2. The third kappa shape index (κ3) is 3.62. The molecule has 2 saturated carbocycles. The van der Waals surface area contributed by atoms with Crippen molar-refractivity contribution < 1.29 is 0 Å². The van der Waals surface area contributed by atoms with E-state index in [4.69, 9.17) is 12.2 Å². The van der Waals surface area contributed by atoms with Crippen LogP contribution in [0.15, 0.2) is 0 Å². The van der Waals surface area contributed by atoms with Crippen LogP contribution in [0.25, 0.3) is 0 Å². The molecule has 0 amide bonds. The number of nitrogens with zero attached hydrogens (tertiary/aromatic N) is 1. The molecule has 2 aliphatic rings. The minimum Gasteiger partial charge on any atom is -0.360 e. The molecule has 3 heteroatoms. The smallest absolute Gasteiger partial charge is 0.169 e. The van der Waals surface area contributed by atoms with E-state index in [1.807, 2.05) is 0 Å². The first-order valence-corrected chi connectivity index (χ1v) is 7.26. The molecule has 0 heterocycles. The normalized spacial score (nSPS) is 21.1. The van der Waals surface area contributed by atoms with Crippen LogP contribution in [0, 0.1) is 5.92 Å². The van der Waals surface area contributed by atoms with Gasteiger partial charge in [-0.05, 0) is 50.2 Å². The summed E-state index contributed by atoms with van der Waals surface area (Å²) < 4.78 is 0. The molecule has 2 fully saturated rings. The van der Waals surface area contributed by atoms with E-state index in [1.165, 1.54) is 51.5 Å². The lowest BCUT2D eigenvalue weighted by molar-refractivity contribution is 0.386. The quantitative estimate of drug-likeness (QED) is 0.744. The average Bonchev–Trinajstić information content (AvgIpc) is 2.94. The lowest BCUT2D eigenvalue weighted by Crippen LogP contribution is -2.44. The Kier molecular flexibility index (Phi) is 4.45. The van der Waals surface area contributed by atoms with Crippen LogP contribution >= 0.6 is 12.2 Å². The van der Waals surface area contributed by atoms with Gasteiger partial charge in [0, 0.05) is 19.1 Å². The van der Waals surface area contributed by atoms with Crippen LogP contribution in [-0.2, 0) is 0 Å². The molecular weight excluding hydrogens is 216 g/mol. The number of hydrogen-bond acceptors (Lipinski definition) is 1. The second-order valence-electron chi connectivity index (χ2n) is 5.32. The highest BCUT2D eigenvalue weighted by Crippen LogP contribution is 2.30. The first kappa shape index (κ1) is 12.2. The second-order valence-corrected chi connectivity index (χ2v) is 5.71. The van der Waals surface area contributed by atoms with E-state index in [1.54, 1.807) is 0 Å². The molecule has 0 aromatic carbocycles. The Hall–Kier alpha value is -0.310. The van der Waals surface area contributed by atoms with Crippen molar-refractivity contribution in [2.24, 2.45) is 5.92 Å². The summed E-state index contributed by atoms with van der Waals surface area (Å²) in [7, 11) is 0. The molecule has 16 heavy (non-hydrogen) atoms. The van der Waals surface area contributed by atoms with Crippen molar-refractivity contribution >= 4 is 17.3 Å². The van der Waals surface area contributed by atoms with Gasteiger partial charge >= 0.3 is 0 Å². The maximum absolute atomic E-state index is 5.54. The largest absolute Gasteiger partial charge is 0.360 e. The summed E-state index contributed by atoms with van der Waals surface area (Å²) >= 11 is 5.54. The molecular formula is C13H24N2S. The first-order valence-electron chi connectivity index (χ1n) is 6.85. The summed E-state index contributed by atoms with van der Waals surface area (Å²) in [5.74, 6) is 0.926. The summed E-state index contributed by atoms with van der Waals surface area (Å²) in [5.41, 5.74) is 0. The zero-order chi connectivity index (χ0) is 11.4. The lowest BCUT2D eigenvalue weighted by atomic mass is 10.2. The van der Waals surface area contributed by atoms with Gasteiger partial charge in [-0.1, -0.05) is 19.8 Å². The monoisotopic (exact) mass is 240 g/mol. The molecule has 1 N–H and O–H groups in total. The molecule has 0 aliphatic heterocycles. The fraction of sp³-hybridized carbons (Fsp3) is 0.923.